The molecule has 6 nitrogen and oxygen atoms in total. The molecule has 0 fully saturated rings. The molecule has 0 radical (unpaired) electrons. The van der Waals surface area contributed by atoms with Crippen molar-refractivity contribution in [2.24, 2.45) is 0 Å². The normalized spacial score (nSPS) is 10.5. The summed E-state index contributed by atoms with van der Waals surface area (Å²) in [5, 5.41) is 0. The van der Waals surface area contributed by atoms with Gasteiger partial charge >= 0.3 is 5.69 Å². The maximum absolute atomic E-state index is 10.9. The van der Waals surface area contributed by atoms with Crippen LogP contribution in [-0.4, -0.2) is 19.9 Å². The number of aromatic amines is 3. The zero-order valence-electron chi connectivity index (χ0n) is 5.34. The van der Waals surface area contributed by atoms with Crippen molar-refractivity contribution < 1.29 is 0 Å². The first-order valence-corrected chi connectivity index (χ1v) is 2.93. The molecule has 0 unspecified atom stereocenters. The summed E-state index contributed by atoms with van der Waals surface area (Å²) in [6.07, 6.45) is 1.34. The predicted molar refractivity (Wildman–Crippen MR) is 37.3 cm³/mol. The van der Waals surface area contributed by atoms with Gasteiger partial charge in [0.15, 0.2) is 5.65 Å². The maximum atomic E-state index is 10.9. The first-order valence-electron chi connectivity index (χ1n) is 2.93. The minimum absolute atomic E-state index is 0.277. The molecule has 56 valence electrons. The lowest BCUT2D eigenvalue weighted by Crippen LogP contribution is -2.21. The van der Waals surface area contributed by atoms with E-state index in [-0.39, 0.29) is 11.2 Å². The van der Waals surface area contributed by atoms with Gasteiger partial charge in [0, 0.05) is 0 Å². The second-order valence-electron chi connectivity index (χ2n) is 2.03. The molecule has 0 aromatic carbocycles. The summed E-state index contributed by atoms with van der Waals surface area (Å²) >= 11 is 0. The SMILES string of the molecule is O=c1[nH]c(=O)[13c]2[15nH]cnc2[nH]1. The largest absolute Gasteiger partial charge is 0.339 e. The fraction of sp³-hybridized carbons (Fsp3) is 0. The number of rotatable bonds is 0. The average molecular weight is 154 g/mol. The Labute approximate surface area is 59.3 Å². The highest BCUT2D eigenvalue weighted by molar-refractivity contribution is 5.67. The van der Waals surface area contributed by atoms with Gasteiger partial charge in [-0.3, -0.25) is 14.8 Å². The van der Waals surface area contributed by atoms with Gasteiger partial charge in [0.05, 0.1) is 6.33 Å². The topological polar surface area (TPSA) is 94.4 Å². The van der Waals surface area contributed by atoms with Gasteiger partial charge in [-0.2, -0.15) is 0 Å². The number of H-pyrrole nitrogens is 3. The number of imidazole rings is 1. The Bertz CT molecular complexity index is 491. The minimum atomic E-state index is -0.547. The van der Waals surface area contributed by atoms with Crippen LogP contribution in [0, 0.1) is 0 Å². The van der Waals surface area contributed by atoms with Crippen LogP contribution in [0.2, 0.25) is 0 Å². The first-order chi connectivity index (χ1) is 5.27. The van der Waals surface area contributed by atoms with E-state index in [4.69, 9.17) is 0 Å². The lowest BCUT2D eigenvalue weighted by atomic mass is 10.8. The Morgan fingerprint density at radius 2 is 2.09 bits per heavy atom. The van der Waals surface area contributed by atoms with Crippen molar-refractivity contribution in [2.75, 3.05) is 0 Å². The highest BCUT2D eigenvalue weighted by atomic mass is 16.2. The van der Waals surface area contributed by atoms with Gasteiger partial charge < -0.3 is 4.98 Å². The van der Waals surface area contributed by atoms with Crippen LogP contribution in [0.4, 0.5) is 0 Å². The second kappa shape index (κ2) is 1.82. The molecule has 2 aromatic heterocycles. The van der Waals surface area contributed by atoms with Crippen molar-refractivity contribution in [1.82, 2.24) is 19.9 Å². The van der Waals surface area contributed by atoms with Crippen LogP contribution in [0.25, 0.3) is 11.2 Å². The van der Waals surface area contributed by atoms with E-state index in [1.807, 2.05) is 0 Å². The van der Waals surface area contributed by atoms with E-state index < -0.39 is 11.2 Å². The molecule has 0 atom stereocenters. The van der Waals surface area contributed by atoms with Crippen LogP contribution in [0.15, 0.2) is 15.9 Å². The third-order valence-electron chi connectivity index (χ3n) is 1.33. The molecule has 0 saturated heterocycles. The molecular weight excluding hydrogens is 150 g/mol. The van der Waals surface area contributed by atoms with Gasteiger partial charge in [-0.25, -0.2) is 9.78 Å². The standard InChI is InChI=1S/C5H4N4O2/c10-4-2-3(7-1-6-2)8-5(11)9-4/h1H,(H3,6,7,8,9,10,11)/i2+1,6+1. The smallest absolute Gasteiger partial charge is 0.327 e. The van der Waals surface area contributed by atoms with Gasteiger partial charge in [-0.15, -0.1) is 0 Å². The van der Waals surface area contributed by atoms with E-state index in [0.29, 0.717) is 0 Å². The lowest BCUT2D eigenvalue weighted by molar-refractivity contribution is 1.07. The van der Waals surface area contributed by atoms with Crippen LogP contribution < -0.4 is 11.2 Å². The van der Waals surface area contributed by atoms with Crippen LogP contribution >= 0.6 is 0 Å². The van der Waals surface area contributed by atoms with Crippen LogP contribution in [0.1, 0.15) is 0 Å². The van der Waals surface area contributed by atoms with Crippen molar-refractivity contribution in [3.8, 4) is 0 Å². The zero-order valence-corrected chi connectivity index (χ0v) is 5.34. The van der Waals surface area contributed by atoms with Crippen molar-refractivity contribution in [1.29, 1.82) is 0 Å². The molecule has 0 amide bonds. The molecule has 3 N–H and O–H groups in total. The summed E-state index contributed by atoms with van der Waals surface area (Å²) in [5.41, 5.74) is -0.445. The average Bonchev–Trinajstić information content (AvgIpc) is 2.34. The molecule has 0 aliphatic rings. The van der Waals surface area contributed by atoms with E-state index in [0.717, 1.165) is 0 Å². The Morgan fingerprint density at radius 3 is 2.91 bits per heavy atom. The summed E-state index contributed by atoms with van der Waals surface area (Å²) in [6.45, 7) is 0. The quantitative estimate of drug-likeness (QED) is 0.451. The Morgan fingerprint density at radius 1 is 1.27 bits per heavy atom. The summed E-state index contributed by atoms with van der Waals surface area (Å²) < 4.78 is 0. The number of aromatic nitrogens is 4. The molecular formula is C5H4N4O2. The van der Waals surface area contributed by atoms with Crippen molar-refractivity contribution in [3.05, 3.63) is 27.2 Å². The van der Waals surface area contributed by atoms with Crippen LogP contribution in [0.3, 0.4) is 0 Å². The van der Waals surface area contributed by atoms with Crippen molar-refractivity contribution in [2.45, 2.75) is 0 Å². The van der Waals surface area contributed by atoms with E-state index in [1.54, 1.807) is 0 Å². The third-order valence-corrected chi connectivity index (χ3v) is 1.33. The molecule has 0 bridgehead atoms. The fourth-order valence-corrected chi connectivity index (χ4v) is 0.867. The number of nitrogens with zero attached hydrogens (tertiary/aromatic N) is 1. The van der Waals surface area contributed by atoms with Crippen LogP contribution in [0.5, 0.6) is 0 Å². The van der Waals surface area contributed by atoms with E-state index in [1.165, 1.54) is 6.33 Å². The molecule has 0 aliphatic heterocycles. The summed E-state index contributed by atoms with van der Waals surface area (Å²) in [5.74, 6) is 0. The van der Waals surface area contributed by atoms with Gasteiger partial charge in [-0.05, 0) is 0 Å². The molecule has 2 rings (SSSR count). The van der Waals surface area contributed by atoms with Gasteiger partial charge in [0.1, 0.15) is 5.52 Å². The molecule has 0 spiro atoms. The third kappa shape index (κ3) is 0.759. The van der Waals surface area contributed by atoms with Gasteiger partial charge in [0.2, 0.25) is 0 Å². The number of nitrogens with one attached hydrogen (secondary N) is 3. The lowest BCUT2D eigenvalue weighted by Gasteiger charge is -1.83. The number of hydrogen-bond acceptors (Lipinski definition) is 3. The molecule has 0 aliphatic carbocycles. The zero-order chi connectivity index (χ0) is 7.84. The highest BCUT2D eigenvalue weighted by Crippen LogP contribution is 1.92. The summed E-state index contributed by atoms with van der Waals surface area (Å²) in [4.78, 5) is 32.3. The van der Waals surface area contributed by atoms with Gasteiger partial charge in [0.25, 0.3) is 5.56 Å². The molecule has 2 heterocycles. The second-order valence-corrected chi connectivity index (χ2v) is 2.03. The van der Waals surface area contributed by atoms with Crippen LogP contribution in [-0.2, 0) is 0 Å². The molecule has 2 aromatic rings. The maximum Gasteiger partial charge on any atom is 0.327 e. The van der Waals surface area contributed by atoms with E-state index in [2.05, 4.69) is 19.9 Å². The number of hydrogen-bond donors (Lipinski definition) is 3. The minimum Gasteiger partial charge on any atom is -0.339 e. The van der Waals surface area contributed by atoms with Gasteiger partial charge in [-0.1, -0.05) is 0 Å². The first kappa shape index (κ1) is 5.90. The van der Waals surface area contributed by atoms with E-state index in [9.17, 15) is 9.59 Å². The summed E-state index contributed by atoms with van der Waals surface area (Å²) in [6, 6.07) is 0. The molecule has 11 heavy (non-hydrogen) atoms. The Hall–Kier alpha value is -1.85. The van der Waals surface area contributed by atoms with Crippen molar-refractivity contribution in [3.63, 3.8) is 0 Å². The molecule has 6 heteroatoms. The summed E-state index contributed by atoms with van der Waals surface area (Å²) in [7, 11) is 0. The molecule has 0 saturated carbocycles. The highest BCUT2D eigenvalue weighted by Gasteiger charge is 1.99. The predicted octanol–water partition coefficient (Wildman–Crippen LogP) is -1.06. The monoisotopic (exact) mass is 154 g/mol. The van der Waals surface area contributed by atoms with Crippen molar-refractivity contribution >= 4 is 11.2 Å². The fourth-order valence-electron chi connectivity index (χ4n) is 0.867. The number of fused-ring (bicyclic) bond motifs is 1. The Balaban J connectivity index is 3.15. The van der Waals surface area contributed by atoms with E-state index >= 15 is 0 Å². The Kier molecular flexibility index (Phi) is 0.974.